The Morgan fingerprint density at radius 2 is 1.93 bits per heavy atom. The highest BCUT2D eigenvalue weighted by Crippen LogP contribution is 2.35. The summed E-state index contributed by atoms with van der Waals surface area (Å²) in [6.07, 6.45) is 5.48. The second-order valence-corrected chi connectivity index (χ2v) is 10.2. The van der Waals surface area contributed by atoms with Gasteiger partial charge in [0.1, 0.15) is 17.7 Å². The first-order valence-corrected chi connectivity index (χ1v) is 12.1. The molecule has 30 heavy (non-hydrogen) atoms. The first kappa shape index (κ1) is 21.4. The summed E-state index contributed by atoms with van der Waals surface area (Å²) in [4.78, 5) is 16.7. The molecule has 1 N–H and O–H groups in total. The number of carbonyl (C=O) groups is 1. The van der Waals surface area contributed by atoms with Crippen LogP contribution in [0.5, 0.6) is 0 Å². The first-order valence-electron chi connectivity index (χ1n) is 10.5. The zero-order valence-corrected chi connectivity index (χ0v) is 17.6. The Hall–Kier alpha value is -1.84. The summed E-state index contributed by atoms with van der Waals surface area (Å²) in [5.74, 6) is -1.42. The third-order valence-corrected chi connectivity index (χ3v) is 7.38. The molecule has 2 fully saturated rings. The van der Waals surface area contributed by atoms with Crippen LogP contribution in [0.25, 0.3) is 5.57 Å². The Morgan fingerprint density at radius 1 is 1.20 bits per heavy atom. The summed E-state index contributed by atoms with van der Waals surface area (Å²) >= 11 is 0. The number of sulfonamides is 1. The van der Waals surface area contributed by atoms with Gasteiger partial charge in [-0.2, -0.15) is 0 Å². The van der Waals surface area contributed by atoms with E-state index in [0.717, 1.165) is 57.0 Å². The quantitative estimate of drug-likeness (QED) is 0.673. The molecule has 3 aliphatic rings. The van der Waals surface area contributed by atoms with E-state index in [2.05, 4.69) is 9.62 Å². The molecule has 0 aromatic heterocycles. The Kier molecular flexibility index (Phi) is 6.22. The number of rotatable bonds is 8. The number of nitrogens with zero attached hydrogens (tertiary/aromatic N) is 2. The number of nitrogens with one attached hydrogen (secondary N) is 1. The molecule has 164 valence electrons. The van der Waals surface area contributed by atoms with Gasteiger partial charge in [-0.1, -0.05) is 6.08 Å². The molecule has 1 aromatic carbocycles. The Labute approximate surface area is 176 Å². The molecule has 9 heteroatoms. The summed E-state index contributed by atoms with van der Waals surface area (Å²) < 4.78 is 55.4. The lowest BCUT2D eigenvalue weighted by molar-refractivity contribution is -0.132. The highest BCUT2D eigenvalue weighted by molar-refractivity contribution is 7.89. The van der Waals surface area contributed by atoms with Crippen LogP contribution in [-0.4, -0.2) is 68.6 Å². The van der Waals surface area contributed by atoms with Gasteiger partial charge in [0.25, 0.3) is 0 Å². The van der Waals surface area contributed by atoms with E-state index in [9.17, 15) is 22.0 Å². The first-order chi connectivity index (χ1) is 14.3. The second kappa shape index (κ2) is 8.72. The fourth-order valence-electron chi connectivity index (χ4n) is 4.14. The van der Waals surface area contributed by atoms with Crippen LogP contribution < -0.4 is 4.72 Å². The van der Waals surface area contributed by atoms with Crippen LogP contribution in [0.2, 0.25) is 0 Å². The van der Waals surface area contributed by atoms with E-state index in [0.29, 0.717) is 12.1 Å². The van der Waals surface area contributed by atoms with Crippen LogP contribution in [-0.2, 0) is 14.8 Å². The number of likely N-dealkylation sites (tertiary alicyclic amines) is 1. The molecule has 2 aliphatic heterocycles. The fourth-order valence-corrected chi connectivity index (χ4v) is 5.44. The van der Waals surface area contributed by atoms with E-state index >= 15 is 0 Å². The molecule has 4 rings (SSSR count). The summed E-state index contributed by atoms with van der Waals surface area (Å²) in [6, 6.07) is 2.45. The standard InChI is InChI=1S/C21H27F2N3O3S/c22-17-5-6-19(23)18(13-17)16-7-10-26(14-16)21(27)20(15-3-4-15)24-30(28,29)12-11-25-8-1-2-9-25/h5-7,13,15,20,24H,1-4,8-12,14H2/t20-/m0/s1. The predicted octanol–water partition coefficient (Wildman–Crippen LogP) is 1.98. The van der Waals surface area contributed by atoms with Crippen LogP contribution in [0.3, 0.4) is 0 Å². The van der Waals surface area contributed by atoms with Crippen molar-refractivity contribution in [2.45, 2.75) is 31.7 Å². The number of halogens is 2. The Balaban J connectivity index is 1.39. The molecule has 0 unspecified atom stereocenters. The molecular weight excluding hydrogens is 412 g/mol. The molecule has 2 heterocycles. The minimum atomic E-state index is -3.59. The topological polar surface area (TPSA) is 69.7 Å². The molecule has 6 nitrogen and oxygen atoms in total. The summed E-state index contributed by atoms with van der Waals surface area (Å²) in [5.41, 5.74) is 0.672. The predicted molar refractivity (Wildman–Crippen MR) is 110 cm³/mol. The van der Waals surface area contributed by atoms with Crippen molar-refractivity contribution < 1.29 is 22.0 Å². The lowest BCUT2D eigenvalue weighted by atomic mass is 10.1. The van der Waals surface area contributed by atoms with Crippen molar-refractivity contribution in [3.8, 4) is 0 Å². The van der Waals surface area contributed by atoms with Crippen LogP contribution in [0.15, 0.2) is 24.3 Å². The smallest absolute Gasteiger partial charge is 0.241 e. The number of hydrogen-bond donors (Lipinski definition) is 1. The molecule has 0 spiro atoms. The SMILES string of the molecule is O=C([C@@H](NS(=O)(=O)CCN1CCCC1)C1CC1)N1CC=C(c2cc(F)ccc2F)C1. The van der Waals surface area contributed by atoms with Crippen LogP contribution in [0.1, 0.15) is 31.2 Å². The van der Waals surface area contributed by atoms with Crippen molar-refractivity contribution in [3.05, 3.63) is 41.5 Å². The lowest BCUT2D eigenvalue weighted by Gasteiger charge is -2.25. The summed E-state index contributed by atoms with van der Waals surface area (Å²) in [6.45, 7) is 2.69. The second-order valence-electron chi connectivity index (χ2n) is 8.37. The normalized spacial score (nSPS) is 21.1. The van der Waals surface area contributed by atoms with Gasteiger partial charge in [-0.3, -0.25) is 4.79 Å². The largest absolute Gasteiger partial charge is 0.333 e. The minimum Gasteiger partial charge on any atom is -0.333 e. The van der Waals surface area contributed by atoms with E-state index in [1.807, 2.05) is 0 Å². The number of benzene rings is 1. The van der Waals surface area contributed by atoms with Crippen LogP contribution >= 0.6 is 0 Å². The van der Waals surface area contributed by atoms with Gasteiger partial charge in [-0.25, -0.2) is 21.9 Å². The molecule has 1 aliphatic carbocycles. The van der Waals surface area contributed by atoms with Crippen molar-refractivity contribution in [1.29, 1.82) is 0 Å². The molecule has 1 saturated heterocycles. The Bertz CT molecular complexity index is 941. The van der Waals surface area contributed by atoms with Gasteiger partial charge in [-0.15, -0.1) is 0 Å². The zero-order valence-electron chi connectivity index (χ0n) is 16.8. The molecule has 1 atom stereocenters. The van der Waals surface area contributed by atoms with Gasteiger partial charge in [0.05, 0.1) is 5.75 Å². The maximum absolute atomic E-state index is 14.1. The van der Waals surface area contributed by atoms with Crippen LogP contribution in [0.4, 0.5) is 8.78 Å². The monoisotopic (exact) mass is 439 g/mol. The van der Waals surface area contributed by atoms with Gasteiger partial charge in [0, 0.05) is 25.2 Å². The van der Waals surface area contributed by atoms with Crippen molar-refractivity contribution >= 4 is 21.5 Å². The van der Waals surface area contributed by atoms with E-state index in [1.54, 1.807) is 6.08 Å². The lowest BCUT2D eigenvalue weighted by Crippen LogP contribution is -2.50. The van der Waals surface area contributed by atoms with Gasteiger partial charge >= 0.3 is 0 Å². The number of carbonyl (C=O) groups excluding carboxylic acids is 1. The highest BCUT2D eigenvalue weighted by Gasteiger charge is 2.41. The number of amides is 1. The van der Waals surface area contributed by atoms with Crippen molar-refractivity contribution in [1.82, 2.24) is 14.5 Å². The molecule has 0 radical (unpaired) electrons. The minimum absolute atomic E-state index is 0.00554. The average Bonchev–Trinajstić information content (AvgIpc) is 3.20. The fraction of sp³-hybridized carbons (Fsp3) is 0.571. The van der Waals surface area contributed by atoms with Gasteiger partial charge in [0.2, 0.25) is 15.9 Å². The molecule has 1 saturated carbocycles. The average molecular weight is 440 g/mol. The zero-order chi connectivity index (χ0) is 21.3. The molecule has 0 bridgehead atoms. The maximum Gasteiger partial charge on any atom is 0.241 e. The van der Waals surface area contributed by atoms with Gasteiger partial charge < -0.3 is 9.80 Å². The number of hydrogen-bond acceptors (Lipinski definition) is 4. The third-order valence-electron chi connectivity index (χ3n) is 6.05. The Morgan fingerprint density at radius 3 is 2.63 bits per heavy atom. The van der Waals surface area contributed by atoms with Crippen molar-refractivity contribution in [3.63, 3.8) is 0 Å². The van der Waals surface area contributed by atoms with Crippen molar-refractivity contribution in [2.24, 2.45) is 5.92 Å². The summed E-state index contributed by atoms with van der Waals surface area (Å²) in [7, 11) is -3.59. The van der Waals surface area contributed by atoms with Crippen LogP contribution in [0, 0.1) is 17.6 Å². The highest BCUT2D eigenvalue weighted by atomic mass is 32.2. The maximum atomic E-state index is 14.1. The van der Waals surface area contributed by atoms with E-state index in [4.69, 9.17) is 0 Å². The third kappa shape index (κ3) is 5.07. The van der Waals surface area contributed by atoms with Crippen molar-refractivity contribution in [2.75, 3.05) is 38.5 Å². The van der Waals surface area contributed by atoms with E-state index in [1.165, 1.54) is 4.90 Å². The molecule has 1 amide bonds. The molecule has 1 aromatic rings. The van der Waals surface area contributed by atoms with E-state index in [-0.39, 0.29) is 36.2 Å². The van der Waals surface area contributed by atoms with E-state index < -0.39 is 27.7 Å². The van der Waals surface area contributed by atoms with Gasteiger partial charge in [-0.05, 0) is 68.5 Å². The molecular formula is C21H27F2N3O3S. The van der Waals surface area contributed by atoms with Gasteiger partial charge in [0.15, 0.2) is 0 Å². The summed E-state index contributed by atoms with van der Waals surface area (Å²) in [5, 5.41) is 0.